The normalized spacial score (nSPS) is 16.1. The Morgan fingerprint density at radius 2 is 1.97 bits per heavy atom. The van der Waals surface area contributed by atoms with Gasteiger partial charge < -0.3 is 14.8 Å². The summed E-state index contributed by atoms with van der Waals surface area (Å²) in [7, 11) is -2.20. The average molecular weight is 496 g/mol. The SMILES string of the molecule is COc1cc(Cl)c(C)cc1NC(=O)C(C)OC(=O)C1CCN(S(=O)(=O)c2cccnc2)CC1. The Kier molecular flexibility index (Phi) is 7.93. The second-order valence-corrected chi connectivity index (χ2v) is 10.1. The monoisotopic (exact) mass is 495 g/mol. The second-order valence-electron chi connectivity index (χ2n) is 7.74. The van der Waals surface area contributed by atoms with Crippen molar-refractivity contribution in [3.63, 3.8) is 0 Å². The molecule has 178 valence electrons. The van der Waals surface area contributed by atoms with Gasteiger partial charge in [-0.15, -0.1) is 0 Å². The number of hydrogen-bond acceptors (Lipinski definition) is 7. The van der Waals surface area contributed by atoms with Crippen molar-refractivity contribution >= 4 is 39.2 Å². The molecule has 1 atom stereocenters. The van der Waals surface area contributed by atoms with Gasteiger partial charge in [-0.2, -0.15) is 4.31 Å². The molecule has 1 aliphatic heterocycles. The Morgan fingerprint density at radius 3 is 2.58 bits per heavy atom. The Labute approximate surface area is 198 Å². The number of benzene rings is 1. The molecule has 1 aliphatic rings. The summed E-state index contributed by atoms with van der Waals surface area (Å²) in [4.78, 5) is 29.1. The van der Waals surface area contributed by atoms with Gasteiger partial charge in [0.15, 0.2) is 6.10 Å². The molecule has 0 spiro atoms. The van der Waals surface area contributed by atoms with E-state index in [4.69, 9.17) is 21.1 Å². The minimum absolute atomic E-state index is 0.115. The number of nitrogens with one attached hydrogen (secondary N) is 1. The molecule has 9 nitrogen and oxygen atoms in total. The van der Waals surface area contributed by atoms with E-state index in [-0.39, 0.29) is 18.0 Å². The van der Waals surface area contributed by atoms with Gasteiger partial charge in [-0.25, -0.2) is 8.42 Å². The van der Waals surface area contributed by atoms with Crippen molar-refractivity contribution in [1.82, 2.24) is 9.29 Å². The summed E-state index contributed by atoms with van der Waals surface area (Å²) in [6.45, 7) is 3.63. The number of halogens is 1. The van der Waals surface area contributed by atoms with Crippen LogP contribution >= 0.6 is 11.6 Å². The van der Waals surface area contributed by atoms with Crippen molar-refractivity contribution in [2.45, 2.75) is 37.7 Å². The first kappa shape index (κ1) is 24.9. The lowest BCUT2D eigenvalue weighted by molar-refractivity contribution is -0.158. The molecular formula is C22H26ClN3O6S. The van der Waals surface area contributed by atoms with Gasteiger partial charge in [0.2, 0.25) is 10.0 Å². The zero-order chi connectivity index (χ0) is 24.2. The van der Waals surface area contributed by atoms with Gasteiger partial charge in [0, 0.05) is 36.6 Å². The average Bonchev–Trinajstić information content (AvgIpc) is 2.81. The molecule has 11 heteroatoms. The molecule has 0 bridgehead atoms. The van der Waals surface area contributed by atoms with Crippen molar-refractivity contribution in [2.24, 2.45) is 5.92 Å². The van der Waals surface area contributed by atoms with Gasteiger partial charge in [0.1, 0.15) is 10.6 Å². The van der Waals surface area contributed by atoms with Crippen LogP contribution in [-0.4, -0.2) is 55.9 Å². The van der Waals surface area contributed by atoms with Crippen LogP contribution in [0.3, 0.4) is 0 Å². The number of amides is 1. The van der Waals surface area contributed by atoms with Crippen LogP contribution in [-0.2, 0) is 24.3 Å². The topological polar surface area (TPSA) is 115 Å². The Bertz CT molecular complexity index is 1120. The molecule has 3 rings (SSSR count). The van der Waals surface area contributed by atoms with Crippen molar-refractivity contribution in [3.8, 4) is 5.75 Å². The van der Waals surface area contributed by atoms with E-state index in [1.165, 1.54) is 36.8 Å². The molecule has 0 aliphatic carbocycles. The number of carbonyl (C=O) groups excluding carboxylic acids is 2. The van der Waals surface area contributed by atoms with Crippen LogP contribution in [0.1, 0.15) is 25.3 Å². The number of methoxy groups -OCH3 is 1. The van der Waals surface area contributed by atoms with Crippen molar-refractivity contribution in [1.29, 1.82) is 0 Å². The first-order valence-electron chi connectivity index (χ1n) is 10.4. The zero-order valence-corrected chi connectivity index (χ0v) is 20.1. The van der Waals surface area contributed by atoms with E-state index in [2.05, 4.69) is 10.3 Å². The number of carbonyl (C=O) groups is 2. The number of aromatic nitrogens is 1. The van der Waals surface area contributed by atoms with E-state index in [0.29, 0.717) is 29.3 Å². The summed E-state index contributed by atoms with van der Waals surface area (Å²) in [5, 5.41) is 3.19. The summed E-state index contributed by atoms with van der Waals surface area (Å²) < 4.78 is 37.3. The van der Waals surface area contributed by atoms with Crippen LogP contribution in [0.5, 0.6) is 5.75 Å². The maximum atomic E-state index is 12.7. The highest BCUT2D eigenvalue weighted by molar-refractivity contribution is 7.89. The number of nitrogens with zero attached hydrogens (tertiary/aromatic N) is 2. The summed E-state index contributed by atoms with van der Waals surface area (Å²) in [6.07, 6.45) is 2.36. The third kappa shape index (κ3) is 5.82. The Hall–Kier alpha value is -2.69. The van der Waals surface area contributed by atoms with Crippen LogP contribution in [0.2, 0.25) is 5.02 Å². The largest absolute Gasteiger partial charge is 0.495 e. The molecule has 1 fully saturated rings. The van der Waals surface area contributed by atoms with Crippen LogP contribution in [0.4, 0.5) is 5.69 Å². The highest BCUT2D eigenvalue weighted by Crippen LogP contribution is 2.31. The molecule has 1 saturated heterocycles. The lowest BCUT2D eigenvalue weighted by atomic mass is 9.98. The van der Waals surface area contributed by atoms with Crippen LogP contribution in [0, 0.1) is 12.8 Å². The number of hydrogen-bond donors (Lipinski definition) is 1. The first-order valence-corrected chi connectivity index (χ1v) is 12.2. The first-order chi connectivity index (χ1) is 15.6. The molecule has 0 saturated carbocycles. The van der Waals surface area contributed by atoms with Crippen LogP contribution in [0.25, 0.3) is 0 Å². The Balaban J connectivity index is 1.56. The number of piperidine rings is 1. The number of sulfonamides is 1. The predicted octanol–water partition coefficient (Wildman–Crippen LogP) is 3.02. The minimum atomic E-state index is -3.66. The van der Waals surface area contributed by atoms with Gasteiger partial charge in [0.05, 0.1) is 18.7 Å². The number of anilines is 1. The molecule has 2 heterocycles. The molecule has 2 aromatic rings. The number of esters is 1. The Morgan fingerprint density at radius 1 is 1.27 bits per heavy atom. The van der Waals surface area contributed by atoms with Gasteiger partial charge in [-0.1, -0.05) is 11.6 Å². The van der Waals surface area contributed by atoms with E-state index in [1.54, 1.807) is 25.1 Å². The molecule has 1 aromatic carbocycles. The van der Waals surface area contributed by atoms with E-state index < -0.39 is 33.9 Å². The van der Waals surface area contributed by atoms with Crippen LogP contribution < -0.4 is 10.1 Å². The minimum Gasteiger partial charge on any atom is -0.495 e. The van der Waals surface area contributed by atoms with Crippen molar-refractivity contribution in [2.75, 3.05) is 25.5 Å². The van der Waals surface area contributed by atoms with E-state index in [0.717, 1.165) is 5.56 Å². The highest BCUT2D eigenvalue weighted by atomic mass is 35.5. The van der Waals surface area contributed by atoms with Gasteiger partial charge in [-0.05, 0) is 50.5 Å². The molecule has 33 heavy (non-hydrogen) atoms. The van der Waals surface area contributed by atoms with E-state index in [1.807, 2.05) is 0 Å². The highest BCUT2D eigenvalue weighted by Gasteiger charge is 2.34. The third-order valence-electron chi connectivity index (χ3n) is 5.46. The summed E-state index contributed by atoms with van der Waals surface area (Å²) in [6, 6.07) is 6.31. The molecule has 1 amide bonds. The fraction of sp³-hybridized carbons (Fsp3) is 0.409. The standard InChI is InChI=1S/C22H26ClN3O6S/c1-14-11-19(20(31-3)12-18(14)23)25-21(27)15(2)32-22(28)16-6-9-26(10-7-16)33(29,30)17-5-4-8-24-13-17/h4-5,8,11-13,15-16H,6-7,9-10H2,1-3H3,(H,25,27). The molecule has 1 N–H and O–H groups in total. The van der Waals surface area contributed by atoms with Crippen molar-refractivity contribution < 1.29 is 27.5 Å². The van der Waals surface area contributed by atoms with E-state index >= 15 is 0 Å². The number of rotatable bonds is 7. The van der Waals surface area contributed by atoms with Gasteiger partial charge in [-0.3, -0.25) is 14.6 Å². The lowest BCUT2D eigenvalue weighted by Crippen LogP contribution is -2.41. The maximum absolute atomic E-state index is 12.7. The van der Waals surface area contributed by atoms with Crippen molar-refractivity contribution in [3.05, 3.63) is 47.2 Å². The fourth-order valence-corrected chi connectivity index (χ4v) is 5.06. The maximum Gasteiger partial charge on any atom is 0.309 e. The zero-order valence-electron chi connectivity index (χ0n) is 18.6. The molecule has 0 radical (unpaired) electrons. The predicted molar refractivity (Wildman–Crippen MR) is 123 cm³/mol. The summed E-state index contributed by atoms with van der Waals surface area (Å²) in [5.74, 6) is -1.15. The molecule has 1 aromatic heterocycles. The molecular weight excluding hydrogens is 470 g/mol. The summed E-state index contributed by atoms with van der Waals surface area (Å²) in [5.41, 5.74) is 1.17. The van der Waals surface area contributed by atoms with E-state index in [9.17, 15) is 18.0 Å². The molecule has 1 unspecified atom stereocenters. The van der Waals surface area contributed by atoms with Gasteiger partial charge >= 0.3 is 5.97 Å². The number of pyridine rings is 1. The lowest BCUT2D eigenvalue weighted by Gasteiger charge is -2.30. The quantitative estimate of drug-likeness (QED) is 0.587. The number of ether oxygens (including phenoxy) is 2. The third-order valence-corrected chi connectivity index (χ3v) is 7.75. The second kappa shape index (κ2) is 10.5. The summed E-state index contributed by atoms with van der Waals surface area (Å²) >= 11 is 6.09. The van der Waals surface area contributed by atoms with Gasteiger partial charge in [0.25, 0.3) is 5.91 Å². The smallest absolute Gasteiger partial charge is 0.309 e. The fourth-order valence-electron chi connectivity index (χ4n) is 3.47. The van der Waals surface area contributed by atoms with Crippen LogP contribution in [0.15, 0.2) is 41.6 Å². The number of aryl methyl sites for hydroxylation is 1.